The first kappa shape index (κ1) is 29.4. The van der Waals surface area contributed by atoms with Crippen LogP contribution in [0.25, 0.3) is 0 Å². The van der Waals surface area contributed by atoms with Crippen molar-refractivity contribution in [3.05, 3.63) is 73.8 Å². The second kappa shape index (κ2) is 10.9. The van der Waals surface area contributed by atoms with Crippen LogP contribution in [0.4, 0.5) is 5.69 Å². The number of hydrogen-bond donors (Lipinski definition) is 1. The predicted octanol–water partition coefficient (Wildman–Crippen LogP) is 7.03. The van der Waals surface area contributed by atoms with E-state index >= 15 is 0 Å². The van der Waals surface area contributed by atoms with Crippen molar-refractivity contribution in [2.45, 2.75) is 66.2 Å². The van der Waals surface area contributed by atoms with Crippen molar-refractivity contribution < 1.29 is 28.6 Å². The predicted molar refractivity (Wildman–Crippen MR) is 165 cm³/mol. The van der Waals surface area contributed by atoms with Crippen LogP contribution in [0.3, 0.4) is 0 Å². The Labute approximate surface area is 254 Å². The number of methoxy groups -OCH3 is 1. The number of aryl methyl sites for hydroxylation is 1. The first-order valence-electron chi connectivity index (χ1n) is 13.8. The molecule has 2 aliphatic carbocycles. The van der Waals surface area contributed by atoms with E-state index in [1.54, 1.807) is 0 Å². The lowest BCUT2D eigenvalue weighted by Crippen LogP contribution is -2.37. The SMILES string of the molecule is COc1cc(C2C3=C(CC(C)(C)CC3=O)OC3=C2C(=O)CC(C)(C)C3)cc(I)c1OCC(=O)Nc1ccccc1C. The Bertz CT molecular complexity index is 1460. The molecule has 0 atom stereocenters. The van der Waals surface area contributed by atoms with Crippen LogP contribution in [0.15, 0.2) is 59.1 Å². The minimum absolute atomic E-state index is 0.00705. The number of benzene rings is 2. The maximum absolute atomic E-state index is 13.6. The van der Waals surface area contributed by atoms with Gasteiger partial charge in [0.05, 0.1) is 10.7 Å². The molecule has 0 unspecified atom stereocenters. The maximum atomic E-state index is 13.6. The number of hydrogen-bond acceptors (Lipinski definition) is 6. The molecule has 0 saturated carbocycles. The van der Waals surface area contributed by atoms with E-state index in [1.165, 1.54) is 7.11 Å². The molecule has 0 radical (unpaired) electrons. The fourth-order valence-corrected chi connectivity index (χ4v) is 6.87. The molecule has 0 spiro atoms. The molecule has 0 fully saturated rings. The Morgan fingerprint density at radius 3 is 2.12 bits per heavy atom. The van der Waals surface area contributed by atoms with Gasteiger partial charge in [0, 0.05) is 48.4 Å². The van der Waals surface area contributed by atoms with Gasteiger partial charge in [-0.15, -0.1) is 0 Å². The van der Waals surface area contributed by atoms with Crippen molar-refractivity contribution in [2.24, 2.45) is 10.8 Å². The van der Waals surface area contributed by atoms with Crippen LogP contribution in [-0.4, -0.2) is 31.2 Å². The summed E-state index contributed by atoms with van der Waals surface area (Å²) in [6.45, 7) is 10.00. The lowest BCUT2D eigenvalue weighted by atomic mass is 9.65. The number of allylic oxidation sites excluding steroid dienone is 4. The third kappa shape index (κ3) is 5.94. The third-order valence-corrected chi connectivity index (χ3v) is 8.73. The van der Waals surface area contributed by atoms with Crippen molar-refractivity contribution in [2.75, 3.05) is 19.0 Å². The lowest BCUT2D eigenvalue weighted by molar-refractivity contribution is -0.120. The van der Waals surface area contributed by atoms with Crippen molar-refractivity contribution >= 4 is 45.8 Å². The van der Waals surface area contributed by atoms with E-state index < -0.39 is 5.92 Å². The van der Waals surface area contributed by atoms with Crippen LogP contribution in [-0.2, 0) is 19.1 Å². The fourth-order valence-electron chi connectivity index (χ4n) is 6.09. The molecule has 1 amide bonds. The van der Waals surface area contributed by atoms with Gasteiger partial charge in [0.15, 0.2) is 29.7 Å². The molecule has 2 aromatic rings. The Morgan fingerprint density at radius 1 is 0.976 bits per heavy atom. The normalized spacial score (nSPS) is 19.8. The van der Waals surface area contributed by atoms with Gasteiger partial charge in [-0.1, -0.05) is 45.9 Å². The highest BCUT2D eigenvalue weighted by atomic mass is 127. The number of rotatable bonds is 6. The molecule has 1 heterocycles. The van der Waals surface area contributed by atoms with Crippen molar-refractivity contribution in [3.63, 3.8) is 0 Å². The minimum Gasteiger partial charge on any atom is -0.493 e. The zero-order valence-electron chi connectivity index (χ0n) is 24.4. The fraction of sp³-hybridized carbons (Fsp3) is 0.424. The third-order valence-electron chi connectivity index (χ3n) is 7.93. The molecule has 0 saturated heterocycles. The number of Topliss-reactive ketones (excluding diaryl/α,β-unsaturated/α-hetero) is 2. The number of ether oxygens (including phenoxy) is 3. The van der Waals surface area contributed by atoms with Crippen LogP contribution in [0.2, 0.25) is 0 Å². The molecule has 1 N–H and O–H groups in total. The van der Waals surface area contributed by atoms with Crippen molar-refractivity contribution in [1.82, 2.24) is 0 Å². The van der Waals surface area contributed by atoms with Gasteiger partial charge in [0.2, 0.25) is 0 Å². The van der Waals surface area contributed by atoms with E-state index in [9.17, 15) is 14.4 Å². The quantitative estimate of drug-likeness (QED) is 0.333. The summed E-state index contributed by atoms with van der Waals surface area (Å²) in [6, 6.07) is 11.3. The van der Waals surface area contributed by atoms with E-state index in [1.807, 2.05) is 43.3 Å². The Kier molecular flexibility index (Phi) is 7.82. The van der Waals surface area contributed by atoms with Crippen molar-refractivity contribution in [3.8, 4) is 11.5 Å². The molecule has 3 aliphatic rings. The van der Waals surface area contributed by atoms with E-state index in [0.29, 0.717) is 63.4 Å². The number of halogens is 1. The summed E-state index contributed by atoms with van der Waals surface area (Å²) in [4.78, 5) is 39.9. The topological polar surface area (TPSA) is 90.9 Å². The number of anilines is 1. The van der Waals surface area contributed by atoms with E-state index in [4.69, 9.17) is 14.2 Å². The average Bonchev–Trinajstić information content (AvgIpc) is 2.86. The molecule has 7 nitrogen and oxygen atoms in total. The number of amides is 1. The van der Waals surface area contributed by atoms with E-state index in [-0.39, 0.29) is 34.9 Å². The first-order valence-corrected chi connectivity index (χ1v) is 14.9. The number of carbonyl (C=O) groups is 3. The number of carbonyl (C=O) groups excluding carboxylic acids is 3. The summed E-state index contributed by atoms with van der Waals surface area (Å²) >= 11 is 2.15. The van der Waals surface area contributed by atoms with Gasteiger partial charge in [-0.25, -0.2) is 0 Å². The summed E-state index contributed by atoms with van der Waals surface area (Å²) in [7, 11) is 1.54. The van der Waals surface area contributed by atoms with Crippen LogP contribution in [0, 0.1) is 21.3 Å². The monoisotopic (exact) mass is 669 g/mol. The molecule has 5 rings (SSSR count). The van der Waals surface area contributed by atoms with Gasteiger partial charge in [0.1, 0.15) is 11.5 Å². The molecule has 216 valence electrons. The zero-order valence-corrected chi connectivity index (χ0v) is 26.6. The Morgan fingerprint density at radius 2 is 1.56 bits per heavy atom. The first-order chi connectivity index (χ1) is 19.3. The van der Waals surface area contributed by atoms with Gasteiger partial charge in [-0.3, -0.25) is 14.4 Å². The average molecular weight is 670 g/mol. The number of nitrogens with one attached hydrogen (secondary N) is 1. The maximum Gasteiger partial charge on any atom is 0.262 e. The molecule has 8 heteroatoms. The highest BCUT2D eigenvalue weighted by Crippen LogP contribution is 2.54. The molecule has 0 aromatic heterocycles. The largest absolute Gasteiger partial charge is 0.493 e. The highest BCUT2D eigenvalue weighted by molar-refractivity contribution is 14.1. The van der Waals surface area contributed by atoms with Gasteiger partial charge in [-0.05, 0) is 69.7 Å². The number of ketones is 2. The molecule has 1 aliphatic heterocycles. The van der Waals surface area contributed by atoms with Gasteiger partial charge in [0.25, 0.3) is 5.91 Å². The molecule has 2 aromatic carbocycles. The standard InChI is InChI=1S/C33H36INO6/c1-18-9-7-8-10-21(18)35-27(38)17-40-31-20(34)11-19(12-24(31)39-6)28-29-22(36)13-32(2,3)15-25(29)41-26-16-33(4,5)14-23(37)30(26)28/h7-12,28H,13-17H2,1-6H3,(H,35,38). The van der Waals surface area contributed by atoms with Crippen LogP contribution in [0.5, 0.6) is 11.5 Å². The number of para-hydroxylation sites is 1. The molecule has 41 heavy (non-hydrogen) atoms. The van der Waals surface area contributed by atoms with Crippen LogP contribution in [0.1, 0.15) is 70.4 Å². The van der Waals surface area contributed by atoms with E-state index in [2.05, 4.69) is 55.6 Å². The van der Waals surface area contributed by atoms with Crippen molar-refractivity contribution in [1.29, 1.82) is 0 Å². The summed E-state index contributed by atoms with van der Waals surface area (Å²) in [6.07, 6.45) is 2.03. The summed E-state index contributed by atoms with van der Waals surface area (Å²) in [5.74, 6) is 1.38. The second-order valence-electron chi connectivity index (χ2n) is 12.8. The lowest BCUT2D eigenvalue weighted by Gasteiger charge is -2.42. The Hall–Kier alpha value is -3.14. The Balaban J connectivity index is 1.51. The summed E-state index contributed by atoms with van der Waals surface area (Å²) in [5.41, 5.74) is 3.14. The molecular formula is C33H36INO6. The smallest absolute Gasteiger partial charge is 0.262 e. The van der Waals surface area contributed by atoms with Gasteiger partial charge >= 0.3 is 0 Å². The molecular weight excluding hydrogens is 633 g/mol. The van der Waals surface area contributed by atoms with Gasteiger partial charge < -0.3 is 19.5 Å². The zero-order chi connectivity index (χ0) is 29.7. The molecule has 0 bridgehead atoms. The summed E-state index contributed by atoms with van der Waals surface area (Å²) in [5, 5.41) is 2.88. The van der Waals surface area contributed by atoms with Gasteiger partial charge in [-0.2, -0.15) is 0 Å². The second-order valence-corrected chi connectivity index (χ2v) is 13.9. The van der Waals surface area contributed by atoms with E-state index in [0.717, 1.165) is 16.8 Å². The van der Waals surface area contributed by atoms with Crippen LogP contribution < -0.4 is 14.8 Å². The summed E-state index contributed by atoms with van der Waals surface area (Å²) < 4.78 is 18.8. The van der Waals surface area contributed by atoms with Crippen LogP contribution >= 0.6 is 22.6 Å². The minimum atomic E-state index is -0.540. The highest BCUT2D eigenvalue weighted by Gasteiger charge is 2.48.